The van der Waals surface area contributed by atoms with E-state index < -0.39 is 10.0 Å². The van der Waals surface area contributed by atoms with Crippen LogP contribution in [0.2, 0.25) is 0 Å². The van der Waals surface area contributed by atoms with E-state index in [2.05, 4.69) is 25.7 Å². The van der Waals surface area contributed by atoms with E-state index in [1.165, 1.54) is 17.4 Å². The molecule has 3 aromatic rings. The third-order valence-corrected chi connectivity index (χ3v) is 7.92. The fourth-order valence-corrected chi connectivity index (χ4v) is 6.30. The number of nitrogen functional groups attached to an aromatic ring is 1. The van der Waals surface area contributed by atoms with Crippen molar-refractivity contribution in [3.63, 3.8) is 0 Å². The van der Waals surface area contributed by atoms with Gasteiger partial charge in [-0.05, 0) is 17.7 Å². The Morgan fingerprint density at radius 1 is 1.29 bits per heavy atom. The predicted molar refractivity (Wildman–Crippen MR) is 123 cm³/mol. The first-order valence-electron chi connectivity index (χ1n) is 9.01. The summed E-state index contributed by atoms with van der Waals surface area (Å²) in [7, 11) is -3.94. The van der Waals surface area contributed by atoms with Crippen molar-refractivity contribution >= 4 is 54.6 Å². The maximum atomic E-state index is 13.0. The van der Waals surface area contributed by atoms with Crippen LogP contribution < -0.4 is 32.9 Å². The molecule has 10 N–H and O–H groups in total. The highest BCUT2D eigenvalue weighted by atomic mass is 32.2. The zero-order chi connectivity index (χ0) is 22.2. The number of nitrogens with zero attached hydrogens (tertiary/aromatic N) is 2. The Kier molecular flexibility index (Phi) is 6.02. The van der Waals surface area contributed by atoms with Crippen LogP contribution in [0, 0.1) is 0 Å². The second kappa shape index (κ2) is 8.58. The number of amidine groups is 1. The lowest BCUT2D eigenvalue weighted by Gasteiger charge is -2.28. The molecular formula is C17H20N8O3S3. The van der Waals surface area contributed by atoms with Crippen LogP contribution in [-0.4, -0.2) is 42.9 Å². The molecule has 14 heteroatoms. The normalized spacial score (nSPS) is 15.2. The van der Waals surface area contributed by atoms with Gasteiger partial charge in [-0.2, -0.15) is 0 Å². The molecule has 1 saturated heterocycles. The van der Waals surface area contributed by atoms with Crippen molar-refractivity contribution in [2.45, 2.75) is 15.8 Å². The summed E-state index contributed by atoms with van der Waals surface area (Å²) in [5.74, 6) is 5.20. The SMILES string of the molecule is NN/N=C(\N)c1c(-c2cccc3sc(N)nc23)ccc(S(=O)(=O)NC2CNC2)c1SO. The molecule has 0 spiro atoms. The first kappa shape index (κ1) is 21.8. The van der Waals surface area contributed by atoms with Crippen molar-refractivity contribution < 1.29 is 13.0 Å². The molecule has 0 atom stereocenters. The van der Waals surface area contributed by atoms with Crippen molar-refractivity contribution in [2.75, 3.05) is 18.8 Å². The summed E-state index contributed by atoms with van der Waals surface area (Å²) in [6.07, 6.45) is 0. The zero-order valence-corrected chi connectivity index (χ0v) is 18.4. The van der Waals surface area contributed by atoms with Crippen molar-refractivity contribution in [2.24, 2.45) is 16.7 Å². The molecule has 1 aliphatic heterocycles. The van der Waals surface area contributed by atoms with E-state index in [4.69, 9.17) is 17.3 Å². The summed E-state index contributed by atoms with van der Waals surface area (Å²) >= 11 is 1.59. The molecule has 0 aliphatic carbocycles. The van der Waals surface area contributed by atoms with Gasteiger partial charge in [-0.1, -0.05) is 29.5 Å². The van der Waals surface area contributed by atoms with E-state index in [9.17, 15) is 13.0 Å². The molecule has 0 amide bonds. The molecule has 164 valence electrons. The lowest BCUT2D eigenvalue weighted by Crippen LogP contribution is -2.56. The summed E-state index contributed by atoms with van der Waals surface area (Å²) in [6, 6.07) is 8.31. The smallest absolute Gasteiger partial charge is 0.242 e. The number of sulfonamides is 1. The topological polar surface area (TPSA) is 194 Å². The van der Waals surface area contributed by atoms with Gasteiger partial charge >= 0.3 is 0 Å². The number of hydrogen-bond acceptors (Lipinski definition) is 11. The van der Waals surface area contributed by atoms with Crippen LogP contribution in [0.3, 0.4) is 0 Å². The van der Waals surface area contributed by atoms with Crippen molar-refractivity contribution in [1.82, 2.24) is 20.6 Å². The quantitative estimate of drug-likeness (QED) is 0.0820. The monoisotopic (exact) mass is 480 g/mol. The maximum Gasteiger partial charge on any atom is 0.242 e. The summed E-state index contributed by atoms with van der Waals surface area (Å²) in [6.45, 7) is 1.05. The van der Waals surface area contributed by atoms with Crippen molar-refractivity contribution in [3.05, 3.63) is 35.9 Å². The van der Waals surface area contributed by atoms with Crippen LogP contribution in [0.4, 0.5) is 5.13 Å². The lowest BCUT2D eigenvalue weighted by atomic mass is 9.98. The van der Waals surface area contributed by atoms with Gasteiger partial charge in [0.05, 0.1) is 20.0 Å². The number of benzene rings is 2. The molecular weight excluding hydrogens is 460 g/mol. The summed E-state index contributed by atoms with van der Waals surface area (Å²) in [4.78, 5) is 4.29. The van der Waals surface area contributed by atoms with Crippen LogP contribution in [0.1, 0.15) is 5.56 Å². The second-order valence-electron chi connectivity index (χ2n) is 6.71. The van der Waals surface area contributed by atoms with Gasteiger partial charge in [-0.15, -0.1) is 5.10 Å². The third kappa shape index (κ3) is 4.06. The summed E-state index contributed by atoms with van der Waals surface area (Å²) in [5.41, 5.74) is 16.1. The Bertz CT molecular complexity index is 1270. The molecule has 0 saturated carbocycles. The van der Waals surface area contributed by atoms with E-state index >= 15 is 0 Å². The number of nitrogens with two attached hydrogens (primary N) is 3. The molecule has 0 radical (unpaired) electrons. The predicted octanol–water partition coefficient (Wildman–Crippen LogP) is 0.444. The molecule has 1 fully saturated rings. The van der Waals surface area contributed by atoms with Gasteiger partial charge in [0.15, 0.2) is 11.0 Å². The van der Waals surface area contributed by atoms with Crippen LogP contribution in [-0.2, 0) is 10.0 Å². The van der Waals surface area contributed by atoms with Crippen molar-refractivity contribution in [1.29, 1.82) is 0 Å². The van der Waals surface area contributed by atoms with Crippen LogP contribution in [0.5, 0.6) is 0 Å². The molecule has 31 heavy (non-hydrogen) atoms. The first-order chi connectivity index (χ1) is 14.9. The minimum absolute atomic E-state index is 0.0222. The van der Waals surface area contributed by atoms with Gasteiger partial charge in [0.25, 0.3) is 0 Å². The minimum atomic E-state index is -3.94. The number of hydrazone groups is 1. The molecule has 0 bridgehead atoms. The Hall–Kier alpha value is -2.46. The molecule has 1 aromatic heterocycles. The van der Waals surface area contributed by atoms with Crippen LogP contribution in [0.15, 0.2) is 45.2 Å². The minimum Gasteiger partial charge on any atom is -0.382 e. The van der Waals surface area contributed by atoms with Crippen LogP contribution in [0.25, 0.3) is 21.3 Å². The standard InChI is InChI=1S/C17H20N8O3S3/c18-16(23-25-20)13-9(10-2-1-3-11-14(10)22-17(19)29-11)4-5-12(15(13)30-26)31(27,28)24-8-6-21-7-8/h1-5,8,21,24-26H,6-7,20H2,(H2,18,23)(H2,19,22). The number of para-hydroxylation sites is 1. The van der Waals surface area contributed by atoms with E-state index in [1.807, 2.05) is 18.2 Å². The Morgan fingerprint density at radius 3 is 2.71 bits per heavy atom. The highest BCUT2D eigenvalue weighted by Gasteiger charge is 2.30. The molecule has 2 aromatic carbocycles. The summed E-state index contributed by atoms with van der Waals surface area (Å²) < 4.78 is 39.6. The number of thiazole rings is 1. The van der Waals surface area contributed by atoms with Crippen molar-refractivity contribution in [3.8, 4) is 11.1 Å². The maximum absolute atomic E-state index is 13.0. The van der Waals surface area contributed by atoms with E-state index in [0.29, 0.717) is 34.9 Å². The first-order valence-corrected chi connectivity index (χ1v) is 12.1. The van der Waals surface area contributed by atoms with E-state index in [0.717, 1.165) is 4.70 Å². The second-order valence-corrected chi connectivity index (χ2v) is 10.0. The third-order valence-electron chi connectivity index (χ3n) is 4.77. The largest absolute Gasteiger partial charge is 0.382 e. The average molecular weight is 481 g/mol. The molecule has 1 aliphatic rings. The Balaban J connectivity index is 1.97. The average Bonchev–Trinajstić information content (AvgIpc) is 3.10. The molecule has 4 rings (SSSR count). The molecule has 2 heterocycles. The van der Waals surface area contributed by atoms with Gasteiger partial charge in [-0.3, -0.25) is 0 Å². The van der Waals surface area contributed by atoms with Gasteiger partial charge in [0.1, 0.15) is 0 Å². The van der Waals surface area contributed by atoms with E-state index in [-0.39, 0.29) is 39.3 Å². The van der Waals surface area contributed by atoms with Gasteiger partial charge in [-0.25, -0.2) is 29.5 Å². The molecule has 0 unspecified atom stereocenters. The zero-order valence-electron chi connectivity index (χ0n) is 16.0. The Morgan fingerprint density at radius 2 is 2.06 bits per heavy atom. The highest BCUT2D eigenvalue weighted by Crippen LogP contribution is 2.39. The number of hydrazine groups is 1. The molecule has 11 nitrogen and oxygen atoms in total. The Labute approximate surface area is 186 Å². The number of fused-ring (bicyclic) bond motifs is 1. The highest BCUT2D eigenvalue weighted by molar-refractivity contribution is 7.95. The number of anilines is 1. The van der Waals surface area contributed by atoms with E-state index in [1.54, 1.807) is 6.07 Å². The lowest BCUT2D eigenvalue weighted by molar-refractivity contribution is 0.410. The fraction of sp³-hybridized carbons (Fsp3) is 0.176. The number of hydrogen-bond donors (Lipinski definition) is 7. The summed E-state index contributed by atoms with van der Waals surface area (Å²) in [5, 5.41) is 7.21. The van der Waals surface area contributed by atoms with Gasteiger partial charge in [0, 0.05) is 42.3 Å². The van der Waals surface area contributed by atoms with Crippen LogP contribution >= 0.6 is 23.4 Å². The van der Waals surface area contributed by atoms with Gasteiger partial charge in [0.2, 0.25) is 10.0 Å². The fourth-order valence-electron chi connectivity index (χ4n) is 3.31. The number of aromatic nitrogens is 1. The van der Waals surface area contributed by atoms with Gasteiger partial charge < -0.3 is 21.3 Å². The number of rotatable bonds is 7. The number of nitrogens with one attached hydrogen (secondary N) is 3.